The quantitative estimate of drug-likeness (QED) is 0.661. The van der Waals surface area contributed by atoms with E-state index in [-0.39, 0.29) is 5.82 Å². The zero-order valence-corrected chi connectivity index (χ0v) is 12.9. The van der Waals surface area contributed by atoms with Crippen molar-refractivity contribution in [2.45, 2.75) is 6.42 Å². The van der Waals surface area contributed by atoms with E-state index in [9.17, 15) is 4.39 Å². The molecular weight excluding hydrogens is 344 g/mol. The van der Waals surface area contributed by atoms with Crippen molar-refractivity contribution in [3.8, 4) is 0 Å². The van der Waals surface area contributed by atoms with Crippen LogP contribution in [0.1, 0.15) is 6.42 Å². The van der Waals surface area contributed by atoms with E-state index in [0.717, 1.165) is 25.3 Å². The monoisotopic (exact) mass is 363 g/mol. The molecule has 1 saturated heterocycles. The second-order valence-electron chi connectivity index (χ2n) is 5.12. The Balaban J connectivity index is 2.09. The van der Waals surface area contributed by atoms with Crippen molar-refractivity contribution >= 4 is 34.0 Å². The second-order valence-corrected chi connectivity index (χ2v) is 6.28. The zero-order valence-electron chi connectivity index (χ0n) is 10.8. The number of nitrogens with zero attached hydrogens (tertiary/aromatic N) is 2. The molecule has 1 aromatic carbocycles. The predicted molar refractivity (Wildman–Crippen MR) is 82.4 cm³/mol. The van der Waals surface area contributed by atoms with Crippen LogP contribution >= 0.6 is 22.6 Å². The third-order valence-electron chi connectivity index (χ3n) is 3.50. The molecule has 1 atom stereocenters. The molecule has 2 N–H and O–H groups in total. The van der Waals surface area contributed by atoms with Gasteiger partial charge in [-0.05, 0) is 54.6 Å². The van der Waals surface area contributed by atoms with Crippen molar-refractivity contribution in [2.24, 2.45) is 5.92 Å². The van der Waals surface area contributed by atoms with Crippen molar-refractivity contribution in [3.63, 3.8) is 0 Å². The average Bonchev–Trinajstić information content (AvgIpc) is 2.69. The third-order valence-corrected chi connectivity index (χ3v) is 4.33. The van der Waals surface area contributed by atoms with E-state index >= 15 is 0 Å². The van der Waals surface area contributed by atoms with Crippen molar-refractivity contribution < 1.29 is 4.39 Å². The summed E-state index contributed by atoms with van der Waals surface area (Å²) < 4.78 is 14.2. The lowest BCUT2D eigenvalue weighted by Crippen LogP contribution is -2.28. The Hall–Kier alpha value is -0.560. The Bertz CT molecular complexity index is 438. The standard InChI is InChI=1S/C13H19FIN3/c1-17-4-3-9(7-17)8-18(2)13-5-10(14)11(15)6-12(13)16/h5-6,9H,3-4,7-8,16H2,1-2H3. The van der Waals surface area contributed by atoms with Gasteiger partial charge in [0.15, 0.2) is 0 Å². The summed E-state index contributed by atoms with van der Waals surface area (Å²) in [7, 11) is 4.12. The van der Waals surface area contributed by atoms with Gasteiger partial charge in [-0.3, -0.25) is 0 Å². The van der Waals surface area contributed by atoms with Crippen LogP contribution in [-0.4, -0.2) is 38.6 Å². The van der Waals surface area contributed by atoms with E-state index in [0.29, 0.717) is 15.2 Å². The maximum Gasteiger partial charge on any atom is 0.138 e. The summed E-state index contributed by atoms with van der Waals surface area (Å²) in [5.41, 5.74) is 7.41. The molecule has 0 amide bonds. The van der Waals surface area contributed by atoms with Crippen LogP contribution in [-0.2, 0) is 0 Å². The number of rotatable bonds is 3. The Kier molecular flexibility index (Phi) is 4.32. The number of likely N-dealkylation sites (tertiary alicyclic amines) is 1. The Labute approximate surface area is 121 Å². The first-order valence-electron chi connectivity index (χ1n) is 6.11. The number of benzene rings is 1. The van der Waals surface area contributed by atoms with E-state index in [1.54, 1.807) is 6.07 Å². The second kappa shape index (κ2) is 5.61. The molecule has 0 spiro atoms. The molecule has 0 aromatic heterocycles. The van der Waals surface area contributed by atoms with E-state index < -0.39 is 0 Å². The first kappa shape index (κ1) is 13.9. The Morgan fingerprint density at radius 3 is 2.89 bits per heavy atom. The van der Waals surface area contributed by atoms with Gasteiger partial charge in [0.25, 0.3) is 0 Å². The zero-order chi connectivity index (χ0) is 13.3. The van der Waals surface area contributed by atoms with Gasteiger partial charge in [-0.2, -0.15) is 0 Å². The fourth-order valence-electron chi connectivity index (χ4n) is 2.54. The molecule has 0 radical (unpaired) electrons. The smallest absolute Gasteiger partial charge is 0.138 e. The van der Waals surface area contributed by atoms with Crippen LogP contribution in [0.3, 0.4) is 0 Å². The van der Waals surface area contributed by atoms with Crippen LogP contribution < -0.4 is 10.6 Å². The summed E-state index contributed by atoms with van der Waals surface area (Å²) in [5.74, 6) is 0.442. The van der Waals surface area contributed by atoms with Gasteiger partial charge < -0.3 is 15.5 Å². The third kappa shape index (κ3) is 3.06. The molecule has 5 heteroatoms. The highest BCUT2D eigenvalue weighted by atomic mass is 127. The van der Waals surface area contributed by atoms with Gasteiger partial charge in [-0.15, -0.1) is 0 Å². The van der Waals surface area contributed by atoms with Gasteiger partial charge in [0, 0.05) is 26.2 Å². The number of halogens is 2. The van der Waals surface area contributed by atoms with Gasteiger partial charge in [-0.25, -0.2) is 4.39 Å². The number of hydrogen-bond donors (Lipinski definition) is 1. The van der Waals surface area contributed by atoms with Crippen LogP contribution in [0, 0.1) is 15.3 Å². The molecule has 1 unspecified atom stereocenters. The summed E-state index contributed by atoms with van der Waals surface area (Å²) in [4.78, 5) is 4.40. The molecule has 0 aliphatic carbocycles. The normalized spacial score (nSPS) is 20.3. The maximum atomic E-state index is 13.6. The Morgan fingerprint density at radius 1 is 1.56 bits per heavy atom. The highest BCUT2D eigenvalue weighted by molar-refractivity contribution is 14.1. The lowest BCUT2D eigenvalue weighted by Gasteiger charge is -2.24. The van der Waals surface area contributed by atoms with E-state index in [1.807, 2.05) is 29.6 Å². The summed E-state index contributed by atoms with van der Waals surface area (Å²) >= 11 is 1.96. The minimum Gasteiger partial charge on any atom is -0.397 e. The lowest BCUT2D eigenvalue weighted by molar-refractivity contribution is 0.396. The summed E-state index contributed by atoms with van der Waals surface area (Å²) in [6, 6.07) is 3.23. The molecule has 3 nitrogen and oxygen atoms in total. The molecule has 18 heavy (non-hydrogen) atoms. The first-order valence-corrected chi connectivity index (χ1v) is 7.19. The van der Waals surface area contributed by atoms with Gasteiger partial charge >= 0.3 is 0 Å². The highest BCUT2D eigenvalue weighted by Gasteiger charge is 2.21. The number of anilines is 2. The molecule has 1 aliphatic rings. The van der Waals surface area contributed by atoms with Crippen molar-refractivity contribution in [1.29, 1.82) is 0 Å². The molecule has 1 aromatic rings. The molecular formula is C13H19FIN3. The van der Waals surface area contributed by atoms with Crippen molar-refractivity contribution in [1.82, 2.24) is 4.90 Å². The number of hydrogen-bond acceptors (Lipinski definition) is 3. The minimum absolute atomic E-state index is 0.199. The molecule has 0 saturated carbocycles. The van der Waals surface area contributed by atoms with Crippen LogP contribution in [0.4, 0.5) is 15.8 Å². The van der Waals surface area contributed by atoms with E-state index in [4.69, 9.17) is 5.73 Å². The number of nitrogen functional groups attached to an aromatic ring is 1. The minimum atomic E-state index is -0.199. The van der Waals surface area contributed by atoms with Gasteiger partial charge in [0.1, 0.15) is 5.82 Å². The highest BCUT2D eigenvalue weighted by Crippen LogP contribution is 2.28. The number of nitrogens with two attached hydrogens (primary N) is 1. The molecule has 2 rings (SSSR count). The maximum absolute atomic E-state index is 13.6. The van der Waals surface area contributed by atoms with E-state index in [1.165, 1.54) is 12.5 Å². The molecule has 1 fully saturated rings. The van der Waals surface area contributed by atoms with Gasteiger partial charge in [0.05, 0.1) is 14.9 Å². The SMILES string of the molecule is CN1CCC(CN(C)c2cc(F)c(I)cc2N)C1. The van der Waals surface area contributed by atoms with Crippen molar-refractivity contribution in [3.05, 3.63) is 21.5 Å². The topological polar surface area (TPSA) is 32.5 Å². The fraction of sp³-hybridized carbons (Fsp3) is 0.538. The predicted octanol–water partition coefficient (Wildman–Crippen LogP) is 2.40. The lowest BCUT2D eigenvalue weighted by atomic mass is 10.1. The molecule has 0 bridgehead atoms. The van der Waals surface area contributed by atoms with Gasteiger partial charge in [-0.1, -0.05) is 0 Å². The van der Waals surface area contributed by atoms with Crippen LogP contribution in [0.15, 0.2) is 12.1 Å². The average molecular weight is 363 g/mol. The first-order chi connectivity index (χ1) is 8.47. The van der Waals surface area contributed by atoms with Gasteiger partial charge in [0.2, 0.25) is 0 Å². The fourth-order valence-corrected chi connectivity index (χ4v) is 3.03. The summed E-state index contributed by atoms with van der Waals surface area (Å²) in [6.45, 7) is 3.18. The molecule has 1 aliphatic heterocycles. The molecule has 1 heterocycles. The Morgan fingerprint density at radius 2 is 2.28 bits per heavy atom. The van der Waals surface area contributed by atoms with E-state index in [2.05, 4.69) is 16.8 Å². The van der Waals surface area contributed by atoms with Crippen molar-refractivity contribution in [2.75, 3.05) is 44.4 Å². The van der Waals surface area contributed by atoms with Crippen LogP contribution in [0.25, 0.3) is 0 Å². The molecule has 100 valence electrons. The summed E-state index contributed by atoms with van der Waals surface area (Å²) in [6.07, 6.45) is 1.20. The van der Waals surface area contributed by atoms with Crippen LogP contribution in [0.2, 0.25) is 0 Å². The van der Waals surface area contributed by atoms with Crippen LogP contribution in [0.5, 0.6) is 0 Å². The largest absolute Gasteiger partial charge is 0.397 e. The summed E-state index contributed by atoms with van der Waals surface area (Å²) in [5, 5.41) is 0.